The molecule has 12 heteroatoms. The van der Waals surface area contributed by atoms with E-state index >= 15 is 0 Å². The van der Waals surface area contributed by atoms with Crippen LogP contribution in [0.15, 0.2) is 57.6 Å². The Balaban J connectivity index is 1.23. The van der Waals surface area contributed by atoms with Crippen LogP contribution in [0.5, 0.6) is 0 Å². The number of thioether (sulfide) groups is 1. The van der Waals surface area contributed by atoms with E-state index in [1.807, 2.05) is 25.2 Å². The molecule has 214 valence electrons. The van der Waals surface area contributed by atoms with Gasteiger partial charge in [-0.3, -0.25) is 9.48 Å². The van der Waals surface area contributed by atoms with Gasteiger partial charge in [0.25, 0.3) is 5.91 Å². The third-order valence-corrected chi connectivity index (χ3v) is 8.72. The first kappa shape index (κ1) is 28.9. The number of likely N-dealkylation sites (tertiary alicyclic amines) is 1. The molecule has 3 heterocycles. The van der Waals surface area contributed by atoms with Gasteiger partial charge >= 0.3 is 6.18 Å². The van der Waals surface area contributed by atoms with Gasteiger partial charge in [0, 0.05) is 39.2 Å². The van der Waals surface area contributed by atoms with E-state index in [0.29, 0.717) is 27.9 Å². The predicted octanol–water partition coefficient (Wildman–Crippen LogP) is 5.33. The van der Waals surface area contributed by atoms with Crippen molar-refractivity contribution >= 4 is 51.4 Å². The SMILES string of the molecule is COCCN1CCC(CN(C)C2=NC(=O)/C(=C/c3ccc4c(cnn4CC4=CCC(Cl)C=C4C(F)(F)F)c3)S2)C1. The molecule has 1 amide bonds. The van der Waals surface area contributed by atoms with E-state index in [0.717, 1.165) is 56.2 Å². The van der Waals surface area contributed by atoms with E-state index in [4.69, 9.17) is 16.3 Å². The fourth-order valence-corrected chi connectivity index (χ4v) is 6.39. The van der Waals surface area contributed by atoms with Crippen LogP contribution in [0.3, 0.4) is 0 Å². The second-order valence-corrected chi connectivity index (χ2v) is 11.9. The number of halogens is 4. The number of amides is 1. The lowest BCUT2D eigenvalue weighted by atomic mass is 9.97. The molecule has 3 aliphatic rings. The average Bonchev–Trinajstić information content (AvgIpc) is 3.62. The molecule has 0 N–H and O–H groups in total. The van der Waals surface area contributed by atoms with Crippen molar-refractivity contribution in [3.63, 3.8) is 0 Å². The molecule has 1 aromatic carbocycles. The smallest absolute Gasteiger partial charge is 0.383 e. The van der Waals surface area contributed by atoms with Gasteiger partial charge in [-0.15, -0.1) is 11.6 Å². The molecule has 0 radical (unpaired) electrons. The first-order chi connectivity index (χ1) is 19.1. The Morgan fingerprint density at radius 1 is 1.32 bits per heavy atom. The number of aliphatic imine (C=N–C) groups is 1. The van der Waals surface area contributed by atoms with Crippen molar-refractivity contribution in [1.82, 2.24) is 19.6 Å². The highest BCUT2D eigenvalue weighted by molar-refractivity contribution is 8.18. The van der Waals surface area contributed by atoms with Crippen molar-refractivity contribution in [2.24, 2.45) is 10.9 Å². The molecule has 5 rings (SSSR count). The summed E-state index contributed by atoms with van der Waals surface area (Å²) in [6.45, 7) is 4.53. The van der Waals surface area contributed by atoms with Crippen molar-refractivity contribution in [2.75, 3.05) is 46.9 Å². The molecule has 40 heavy (non-hydrogen) atoms. The summed E-state index contributed by atoms with van der Waals surface area (Å²) in [5, 5.41) is 5.12. The van der Waals surface area contributed by atoms with Crippen molar-refractivity contribution in [3.8, 4) is 0 Å². The zero-order valence-corrected chi connectivity index (χ0v) is 23.9. The van der Waals surface area contributed by atoms with Crippen molar-refractivity contribution in [2.45, 2.75) is 30.9 Å². The number of methoxy groups -OCH3 is 1. The number of fused-ring (bicyclic) bond motifs is 1. The Morgan fingerprint density at radius 2 is 2.15 bits per heavy atom. The van der Waals surface area contributed by atoms with E-state index in [-0.39, 0.29) is 18.0 Å². The molecule has 1 aliphatic carbocycles. The number of carbonyl (C=O) groups is 1. The molecule has 2 atom stereocenters. The summed E-state index contributed by atoms with van der Waals surface area (Å²) in [7, 11) is 3.68. The quantitative estimate of drug-likeness (QED) is 0.304. The standard InChI is InChI=1S/C28H31ClF3N5O2S/c1-35(15-19-7-8-36(16-19)9-10-39-2)27-34-26(38)25(40-27)12-18-3-6-24-21(11-18)14-33-37(24)17-20-4-5-22(29)13-23(20)28(30,31)32/h3-4,6,11-14,19,22H,5,7-10,15-17H2,1-2H3/b25-12-. The number of nitrogens with zero attached hydrogens (tertiary/aromatic N) is 5. The number of allylic oxidation sites excluding steroid dienone is 4. The van der Waals surface area contributed by atoms with Crippen LogP contribution in [0.4, 0.5) is 13.2 Å². The van der Waals surface area contributed by atoms with Gasteiger partial charge in [-0.2, -0.15) is 23.3 Å². The third-order valence-electron chi connectivity index (χ3n) is 7.32. The fraction of sp³-hybridized carbons (Fsp3) is 0.464. The maximum atomic E-state index is 13.6. The zero-order chi connectivity index (χ0) is 28.4. The third kappa shape index (κ3) is 6.64. The molecule has 0 saturated carbocycles. The first-order valence-corrected chi connectivity index (χ1v) is 14.4. The van der Waals surface area contributed by atoms with Crippen LogP contribution < -0.4 is 0 Å². The Morgan fingerprint density at radius 3 is 2.92 bits per heavy atom. The maximum Gasteiger partial charge on any atom is 0.416 e. The average molecular weight is 594 g/mol. The molecule has 0 bridgehead atoms. The van der Waals surface area contributed by atoms with E-state index in [1.165, 1.54) is 17.8 Å². The van der Waals surface area contributed by atoms with E-state index in [1.54, 1.807) is 24.1 Å². The Kier molecular flexibility index (Phi) is 8.75. The van der Waals surface area contributed by atoms with E-state index in [9.17, 15) is 18.0 Å². The zero-order valence-electron chi connectivity index (χ0n) is 22.3. The summed E-state index contributed by atoms with van der Waals surface area (Å²) in [4.78, 5) is 21.9. The van der Waals surface area contributed by atoms with E-state index in [2.05, 4.69) is 19.9 Å². The summed E-state index contributed by atoms with van der Waals surface area (Å²) in [5.74, 6) is 0.236. The number of benzene rings is 1. The predicted molar refractivity (Wildman–Crippen MR) is 153 cm³/mol. The molecule has 7 nitrogen and oxygen atoms in total. The van der Waals surface area contributed by atoms with Gasteiger partial charge in [-0.1, -0.05) is 18.2 Å². The molecule has 1 fully saturated rings. The lowest BCUT2D eigenvalue weighted by Crippen LogP contribution is -2.31. The van der Waals surface area contributed by atoms with Gasteiger partial charge in [-0.25, -0.2) is 0 Å². The molecule has 2 unspecified atom stereocenters. The minimum Gasteiger partial charge on any atom is -0.383 e. The summed E-state index contributed by atoms with van der Waals surface area (Å²) in [6.07, 6.45) is 2.99. The van der Waals surface area contributed by atoms with Crippen LogP contribution in [-0.4, -0.2) is 89.2 Å². The number of alkyl halides is 4. The largest absolute Gasteiger partial charge is 0.416 e. The molecule has 2 aliphatic heterocycles. The fourth-order valence-electron chi connectivity index (χ4n) is 5.29. The van der Waals surface area contributed by atoms with Crippen molar-refractivity contribution < 1.29 is 22.7 Å². The molecular formula is C28H31ClF3N5O2S. The van der Waals surface area contributed by atoms with Gasteiger partial charge in [0.05, 0.1) is 40.7 Å². The monoisotopic (exact) mass is 593 g/mol. The highest BCUT2D eigenvalue weighted by Crippen LogP contribution is 2.37. The topological polar surface area (TPSA) is 63.0 Å². The van der Waals surface area contributed by atoms with E-state index < -0.39 is 17.1 Å². The summed E-state index contributed by atoms with van der Waals surface area (Å²) in [6, 6.07) is 5.52. The number of rotatable bonds is 8. The van der Waals surface area contributed by atoms with Crippen molar-refractivity contribution in [3.05, 3.63) is 58.2 Å². The first-order valence-electron chi connectivity index (χ1n) is 13.1. The van der Waals surface area contributed by atoms with Crippen molar-refractivity contribution in [1.29, 1.82) is 0 Å². The Bertz CT molecular complexity index is 1400. The molecule has 1 aromatic heterocycles. The second-order valence-electron chi connectivity index (χ2n) is 10.3. The van der Waals surface area contributed by atoms with Crippen LogP contribution in [0.25, 0.3) is 17.0 Å². The second kappa shape index (κ2) is 12.1. The summed E-state index contributed by atoms with van der Waals surface area (Å²) in [5.41, 5.74) is 0.945. The van der Waals surface area contributed by atoms with Crippen LogP contribution in [-0.2, 0) is 16.1 Å². The Hall–Kier alpha value is -2.60. The van der Waals surface area contributed by atoms with Crippen LogP contribution in [0, 0.1) is 5.92 Å². The van der Waals surface area contributed by atoms with Crippen LogP contribution >= 0.6 is 23.4 Å². The van der Waals surface area contributed by atoms with Crippen LogP contribution in [0.1, 0.15) is 18.4 Å². The number of hydrogen-bond donors (Lipinski definition) is 0. The molecule has 1 saturated heterocycles. The molecule has 2 aromatic rings. The normalized spacial score (nSPS) is 23.2. The number of carbonyl (C=O) groups excluding carboxylic acids is 1. The highest BCUT2D eigenvalue weighted by atomic mass is 35.5. The van der Waals surface area contributed by atoms with Gasteiger partial charge in [0.15, 0.2) is 5.17 Å². The minimum absolute atomic E-state index is 0.0120. The van der Waals surface area contributed by atoms with Gasteiger partial charge in [0.2, 0.25) is 0 Å². The minimum atomic E-state index is -4.48. The molecule has 0 spiro atoms. The van der Waals surface area contributed by atoms with Gasteiger partial charge in [-0.05, 0) is 66.4 Å². The van der Waals surface area contributed by atoms with Gasteiger partial charge < -0.3 is 14.5 Å². The lowest BCUT2D eigenvalue weighted by Gasteiger charge is -2.22. The number of hydrogen-bond acceptors (Lipinski definition) is 6. The summed E-state index contributed by atoms with van der Waals surface area (Å²) < 4.78 is 47.4. The van der Waals surface area contributed by atoms with Gasteiger partial charge in [0.1, 0.15) is 0 Å². The number of ether oxygens (including phenoxy) is 1. The summed E-state index contributed by atoms with van der Waals surface area (Å²) >= 11 is 7.31. The molecular weight excluding hydrogens is 563 g/mol. The maximum absolute atomic E-state index is 13.6. The highest BCUT2D eigenvalue weighted by Gasteiger charge is 2.38. The Labute approximate surface area is 240 Å². The number of amidine groups is 1. The lowest BCUT2D eigenvalue weighted by molar-refractivity contribution is -0.113. The number of aromatic nitrogens is 2. The van der Waals surface area contributed by atoms with Crippen LogP contribution in [0.2, 0.25) is 0 Å².